The van der Waals surface area contributed by atoms with Crippen LogP contribution < -0.4 is 5.32 Å². The van der Waals surface area contributed by atoms with Gasteiger partial charge in [-0.2, -0.15) is 0 Å². The SMILES string of the molecule is CC(C)CC1NCCc2c(F)cc(Br)cc21. The first-order valence-electron chi connectivity index (χ1n) is 5.79. The minimum Gasteiger partial charge on any atom is -0.310 e. The van der Waals surface area contributed by atoms with Gasteiger partial charge in [-0.1, -0.05) is 29.8 Å². The van der Waals surface area contributed by atoms with Crippen LogP contribution >= 0.6 is 15.9 Å². The van der Waals surface area contributed by atoms with E-state index in [9.17, 15) is 4.39 Å². The molecule has 0 amide bonds. The third-order valence-corrected chi connectivity index (χ3v) is 3.50. The maximum atomic E-state index is 13.8. The van der Waals surface area contributed by atoms with E-state index < -0.39 is 0 Å². The van der Waals surface area contributed by atoms with Crippen LogP contribution in [0, 0.1) is 11.7 Å². The third kappa shape index (κ3) is 2.46. The number of fused-ring (bicyclic) bond motifs is 1. The molecule has 3 heteroatoms. The van der Waals surface area contributed by atoms with E-state index >= 15 is 0 Å². The molecule has 0 aliphatic carbocycles. The first-order valence-corrected chi connectivity index (χ1v) is 6.58. The lowest BCUT2D eigenvalue weighted by Crippen LogP contribution is -2.31. The highest BCUT2D eigenvalue weighted by atomic mass is 79.9. The number of nitrogens with one attached hydrogen (secondary N) is 1. The van der Waals surface area contributed by atoms with Gasteiger partial charge in [0.1, 0.15) is 5.82 Å². The number of benzene rings is 1. The zero-order valence-corrected chi connectivity index (χ0v) is 11.3. The molecular formula is C13H17BrFN. The van der Waals surface area contributed by atoms with E-state index in [0.29, 0.717) is 12.0 Å². The van der Waals surface area contributed by atoms with Crippen LogP contribution in [0.1, 0.15) is 37.4 Å². The molecule has 0 saturated carbocycles. The molecule has 0 bridgehead atoms. The summed E-state index contributed by atoms with van der Waals surface area (Å²) in [7, 11) is 0. The Balaban J connectivity index is 2.37. The summed E-state index contributed by atoms with van der Waals surface area (Å²) >= 11 is 3.37. The van der Waals surface area contributed by atoms with E-state index in [0.717, 1.165) is 35.0 Å². The molecule has 1 atom stereocenters. The highest BCUT2D eigenvalue weighted by molar-refractivity contribution is 9.10. The predicted molar refractivity (Wildman–Crippen MR) is 68.0 cm³/mol. The van der Waals surface area contributed by atoms with Crippen molar-refractivity contribution in [3.8, 4) is 0 Å². The van der Waals surface area contributed by atoms with Crippen LogP contribution in [-0.2, 0) is 6.42 Å². The van der Waals surface area contributed by atoms with Crippen LogP contribution in [0.25, 0.3) is 0 Å². The van der Waals surface area contributed by atoms with Gasteiger partial charge in [-0.25, -0.2) is 4.39 Å². The maximum Gasteiger partial charge on any atom is 0.127 e. The van der Waals surface area contributed by atoms with Crippen LogP contribution in [0.2, 0.25) is 0 Å². The summed E-state index contributed by atoms with van der Waals surface area (Å²) < 4.78 is 14.6. The van der Waals surface area contributed by atoms with E-state index in [2.05, 4.69) is 41.2 Å². The number of rotatable bonds is 2. The molecule has 1 unspecified atom stereocenters. The van der Waals surface area contributed by atoms with E-state index in [1.54, 1.807) is 6.07 Å². The lowest BCUT2D eigenvalue weighted by Gasteiger charge is -2.28. The number of halogens is 2. The summed E-state index contributed by atoms with van der Waals surface area (Å²) in [5.74, 6) is 0.546. The topological polar surface area (TPSA) is 12.0 Å². The normalized spacial score (nSPS) is 19.9. The molecule has 1 heterocycles. The minimum absolute atomic E-state index is 0.0698. The molecule has 1 aromatic carbocycles. The molecule has 88 valence electrons. The second-order valence-corrected chi connectivity index (χ2v) is 5.76. The van der Waals surface area contributed by atoms with Gasteiger partial charge < -0.3 is 5.32 Å². The van der Waals surface area contributed by atoms with Crippen LogP contribution in [-0.4, -0.2) is 6.54 Å². The predicted octanol–water partition coefficient (Wildman–Crippen LogP) is 3.82. The largest absolute Gasteiger partial charge is 0.310 e. The summed E-state index contributed by atoms with van der Waals surface area (Å²) in [6.45, 7) is 5.28. The van der Waals surface area contributed by atoms with Gasteiger partial charge in [0.2, 0.25) is 0 Å². The molecule has 1 aromatic rings. The highest BCUT2D eigenvalue weighted by Gasteiger charge is 2.23. The van der Waals surface area contributed by atoms with Gasteiger partial charge in [-0.05, 0) is 48.6 Å². The molecule has 0 fully saturated rings. The van der Waals surface area contributed by atoms with Crippen molar-refractivity contribution in [1.29, 1.82) is 0 Å². The monoisotopic (exact) mass is 285 g/mol. The van der Waals surface area contributed by atoms with Gasteiger partial charge in [-0.3, -0.25) is 0 Å². The molecule has 0 radical (unpaired) electrons. The van der Waals surface area contributed by atoms with Crippen molar-refractivity contribution in [2.45, 2.75) is 32.7 Å². The number of hydrogen-bond acceptors (Lipinski definition) is 1. The highest BCUT2D eigenvalue weighted by Crippen LogP contribution is 2.32. The van der Waals surface area contributed by atoms with Crippen molar-refractivity contribution < 1.29 is 4.39 Å². The smallest absolute Gasteiger partial charge is 0.127 e. The van der Waals surface area contributed by atoms with Gasteiger partial charge in [0.05, 0.1) is 0 Å². The Morgan fingerprint density at radius 3 is 2.94 bits per heavy atom. The van der Waals surface area contributed by atoms with Crippen molar-refractivity contribution in [2.24, 2.45) is 5.92 Å². The van der Waals surface area contributed by atoms with E-state index in [1.165, 1.54) is 0 Å². The van der Waals surface area contributed by atoms with E-state index in [-0.39, 0.29) is 5.82 Å². The molecule has 2 rings (SSSR count). The minimum atomic E-state index is -0.0698. The summed E-state index contributed by atoms with van der Waals surface area (Å²) in [6, 6.07) is 3.92. The summed E-state index contributed by atoms with van der Waals surface area (Å²) in [6.07, 6.45) is 1.85. The van der Waals surface area contributed by atoms with Gasteiger partial charge >= 0.3 is 0 Å². The molecule has 1 aliphatic heterocycles. The Kier molecular flexibility index (Phi) is 3.65. The van der Waals surface area contributed by atoms with Gasteiger partial charge in [-0.15, -0.1) is 0 Å². The maximum absolute atomic E-state index is 13.8. The Bertz CT molecular complexity index is 390. The summed E-state index contributed by atoms with van der Waals surface area (Å²) in [4.78, 5) is 0. The van der Waals surface area contributed by atoms with E-state index in [4.69, 9.17) is 0 Å². The van der Waals surface area contributed by atoms with Crippen molar-refractivity contribution in [1.82, 2.24) is 5.32 Å². The molecule has 1 N–H and O–H groups in total. The molecule has 1 aliphatic rings. The van der Waals surface area contributed by atoms with Crippen molar-refractivity contribution >= 4 is 15.9 Å². The van der Waals surface area contributed by atoms with Crippen molar-refractivity contribution in [3.05, 3.63) is 33.5 Å². The molecule has 0 spiro atoms. The molecule has 16 heavy (non-hydrogen) atoms. The Hall–Kier alpha value is -0.410. The first kappa shape index (κ1) is 12.1. The van der Waals surface area contributed by atoms with Gasteiger partial charge in [0, 0.05) is 10.5 Å². The van der Waals surface area contributed by atoms with Crippen LogP contribution in [0.5, 0.6) is 0 Å². The summed E-state index contributed by atoms with van der Waals surface area (Å²) in [5.41, 5.74) is 2.03. The zero-order valence-electron chi connectivity index (χ0n) is 9.69. The Morgan fingerprint density at radius 2 is 2.25 bits per heavy atom. The Labute approximate surface area is 105 Å². The van der Waals surface area contributed by atoms with Gasteiger partial charge in [0.25, 0.3) is 0 Å². The molecule has 0 saturated heterocycles. The summed E-state index contributed by atoms with van der Waals surface area (Å²) in [5, 5.41) is 3.47. The van der Waals surface area contributed by atoms with Crippen LogP contribution in [0.3, 0.4) is 0 Å². The fourth-order valence-electron chi connectivity index (χ4n) is 2.36. The quantitative estimate of drug-likeness (QED) is 0.871. The van der Waals surface area contributed by atoms with E-state index in [1.807, 2.05) is 0 Å². The first-order chi connectivity index (χ1) is 7.58. The number of hydrogen-bond donors (Lipinski definition) is 1. The fraction of sp³-hybridized carbons (Fsp3) is 0.538. The average molecular weight is 286 g/mol. The van der Waals surface area contributed by atoms with Gasteiger partial charge in [0.15, 0.2) is 0 Å². The molecule has 0 aromatic heterocycles. The third-order valence-electron chi connectivity index (χ3n) is 3.04. The van der Waals surface area contributed by atoms with Crippen molar-refractivity contribution in [2.75, 3.05) is 6.54 Å². The lowest BCUT2D eigenvalue weighted by molar-refractivity contribution is 0.408. The molecule has 1 nitrogen and oxygen atoms in total. The fourth-order valence-corrected chi connectivity index (χ4v) is 2.81. The van der Waals surface area contributed by atoms with Crippen molar-refractivity contribution in [3.63, 3.8) is 0 Å². The Morgan fingerprint density at radius 1 is 1.50 bits per heavy atom. The lowest BCUT2D eigenvalue weighted by atomic mass is 9.89. The second-order valence-electron chi connectivity index (χ2n) is 4.84. The standard InChI is InChI=1S/C13H17BrFN/c1-8(2)5-13-11-6-9(14)7-12(15)10(11)3-4-16-13/h6-8,13,16H,3-5H2,1-2H3. The average Bonchev–Trinajstić information content (AvgIpc) is 2.18. The molecular weight excluding hydrogens is 269 g/mol. The van der Waals surface area contributed by atoms with Crippen LogP contribution in [0.4, 0.5) is 4.39 Å². The second kappa shape index (κ2) is 4.84. The zero-order chi connectivity index (χ0) is 11.7. The van der Waals surface area contributed by atoms with Crippen LogP contribution in [0.15, 0.2) is 16.6 Å².